The number of hydrogen-bond acceptors (Lipinski definition) is 4. The van der Waals surface area contributed by atoms with Gasteiger partial charge in [-0.25, -0.2) is 0 Å². The van der Waals surface area contributed by atoms with Gasteiger partial charge in [0.05, 0.1) is 17.7 Å². The monoisotopic (exact) mass is 405 g/mol. The van der Waals surface area contributed by atoms with Crippen molar-refractivity contribution in [1.29, 1.82) is 0 Å². The Labute approximate surface area is 173 Å². The smallest absolute Gasteiger partial charge is 0.154 e. The number of allylic oxidation sites excluding steroid dienone is 4. The van der Waals surface area contributed by atoms with Gasteiger partial charge in [0.25, 0.3) is 0 Å². The van der Waals surface area contributed by atoms with Crippen molar-refractivity contribution in [1.82, 2.24) is 5.32 Å². The van der Waals surface area contributed by atoms with E-state index in [1.807, 2.05) is 13.0 Å². The van der Waals surface area contributed by atoms with Crippen molar-refractivity contribution >= 4 is 17.9 Å². The van der Waals surface area contributed by atoms with Crippen LogP contribution >= 0.6 is 11.6 Å². The number of carbonyl (C=O) groups excluding carboxylic acids is 1. The van der Waals surface area contributed by atoms with Crippen LogP contribution in [0.15, 0.2) is 23.8 Å². The van der Waals surface area contributed by atoms with Crippen LogP contribution < -0.4 is 10.1 Å². The Morgan fingerprint density at radius 1 is 1.39 bits per heavy atom. The van der Waals surface area contributed by atoms with Gasteiger partial charge in [0.1, 0.15) is 11.5 Å². The molecule has 0 amide bonds. The molecule has 1 fully saturated rings. The molecule has 1 aliphatic rings. The molecule has 154 valence electrons. The van der Waals surface area contributed by atoms with Crippen LogP contribution in [0, 0.1) is 12.8 Å². The lowest BCUT2D eigenvalue weighted by Crippen LogP contribution is -2.33. The van der Waals surface area contributed by atoms with Crippen LogP contribution in [-0.2, 0) is 6.42 Å². The number of halogens is 1. The van der Waals surface area contributed by atoms with Gasteiger partial charge in [0.15, 0.2) is 6.29 Å². The third kappa shape index (κ3) is 5.39. The molecule has 2 unspecified atom stereocenters. The van der Waals surface area contributed by atoms with E-state index < -0.39 is 0 Å². The molecule has 2 atom stereocenters. The summed E-state index contributed by atoms with van der Waals surface area (Å²) < 4.78 is 5.40. The van der Waals surface area contributed by atoms with Crippen molar-refractivity contribution in [2.45, 2.75) is 58.9 Å². The number of phenolic OH excluding ortho intramolecular Hbond substituents is 1. The lowest BCUT2D eigenvalue weighted by atomic mass is 9.85. The standard InChI is InChI=1S/C23H32ClNO3/c1-5-25-18-8-6-7-17(13-18)11-9-15(2)10-12-19-22(27)20(14-26)16(3)21(24)23(19)28-4/h9-11,14,17-18,25,27H,5-8,12-13H2,1-4H3/b11-9+,15-10+. The van der Waals surface area contributed by atoms with Gasteiger partial charge in [-0.2, -0.15) is 0 Å². The molecule has 1 saturated carbocycles. The Bertz CT molecular complexity index is 753. The molecule has 0 saturated heterocycles. The van der Waals surface area contributed by atoms with Crippen molar-refractivity contribution < 1.29 is 14.6 Å². The molecular weight excluding hydrogens is 374 g/mol. The number of aromatic hydroxyl groups is 1. The SMILES string of the molecule is CCNC1CCCC(/C=C/C(C)=C/Cc2c(O)c(C=O)c(C)c(Cl)c2OC)C1. The number of nitrogens with one attached hydrogen (secondary N) is 1. The average Bonchev–Trinajstić information content (AvgIpc) is 2.69. The minimum absolute atomic E-state index is 0.0532. The Morgan fingerprint density at radius 3 is 2.79 bits per heavy atom. The fourth-order valence-electron chi connectivity index (χ4n) is 3.91. The number of carbonyl (C=O) groups is 1. The lowest BCUT2D eigenvalue weighted by molar-refractivity contribution is 0.112. The van der Waals surface area contributed by atoms with Gasteiger partial charge in [-0.05, 0) is 57.6 Å². The minimum atomic E-state index is -0.0532. The molecule has 0 radical (unpaired) electrons. The number of benzene rings is 1. The normalized spacial score (nSPS) is 20.5. The maximum absolute atomic E-state index is 11.3. The van der Waals surface area contributed by atoms with E-state index in [4.69, 9.17) is 16.3 Å². The molecule has 28 heavy (non-hydrogen) atoms. The van der Waals surface area contributed by atoms with Gasteiger partial charge in [-0.1, -0.05) is 48.7 Å². The first kappa shape index (κ1) is 22.5. The largest absolute Gasteiger partial charge is 0.507 e. The zero-order valence-corrected chi connectivity index (χ0v) is 18.1. The maximum atomic E-state index is 11.3. The van der Waals surface area contributed by atoms with Crippen molar-refractivity contribution in [3.63, 3.8) is 0 Å². The number of aldehydes is 1. The molecule has 0 aliphatic heterocycles. The molecular formula is C23H32ClNO3. The number of hydrogen-bond donors (Lipinski definition) is 2. The fourth-order valence-corrected chi connectivity index (χ4v) is 4.20. The molecule has 4 nitrogen and oxygen atoms in total. The molecule has 1 aromatic carbocycles. The third-order valence-corrected chi connectivity index (χ3v) is 5.99. The van der Waals surface area contributed by atoms with Crippen LogP contribution in [0.25, 0.3) is 0 Å². The summed E-state index contributed by atoms with van der Waals surface area (Å²) in [7, 11) is 1.52. The number of phenols is 1. The van der Waals surface area contributed by atoms with E-state index >= 15 is 0 Å². The van der Waals surface area contributed by atoms with E-state index in [9.17, 15) is 9.90 Å². The molecule has 1 aromatic rings. The first-order chi connectivity index (χ1) is 13.4. The minimum Gasteiger partial charge on any atom is -0.507 e. The number of ether oxygens (including phenoxy) is 1. The lowest BCUT2D eigenvalue weighted by Gasteiger charge is -2.27. The highest BCUT2D eigenvalue weighted by Crippen LogP contribution is 2.41. The highest BCUT2D eigenvalue weighted by Gasteiger charge is 2.21. The first-order valence-electron chi connectivity index (χ1n) is 10.0. The fraction of sp³-hybridized carbons (Fsp3) is 0.522. The summed E-state index contributed by atoms with van der Waals surface area (Å²) in [5.41, 5.74) is 2.40. The van der Waals surface area contributed by atoms with Crippen molar-refractivity contribution in [3.8, 4) is 11.5 Å². The van der Waals surface area contributed by atoms with Gasteiger partial charge in [-0.15, -0.1) is 0 Å². The Balaban J connectivity index is 2.14. The zero-order chi connectivity index (χ0) is 20.7. The van der Waals surface area contributed by atoms with Crippen molar-refractivity contribution in [2.24, 2.45) is 5.92 Å². The summed E-state index contributed by atoms with van der Waals surface area (Å²) in [6, 6.07) is 0.621. The molecule has 2 N–H and O–H groups in total. The Morgan fingerprint density at radius 2 is 2.14 bits per heavy atom. The molecule has 2 rings (SSSR count). The van der Waals surface area contributed by atoms with Crippen LogP contribution in [0.2, 0.25) is 5.02 Å². The highest BCUT2D eigenvalue weighted by molar-refractivity contribution is 6.33. The van der Waals surface area contributed by atoms with Gasteiger partial charge in [-0.3, -0.25) is 4.79 Å². The van der Waals surface area contributed by atoms with Crippen LogP contribution in [0.1, 0.15) is 61.0 Å². The second-order valence-electron chi connectivity index (χ2n) is 7.52. The van der Waals surface area contributed by atoms with E-state index in [0.29, 0.717) is 46.6 Å². The first-order valence-corrected chi connectivity index (χ1v) is 10.4. The summed E-state index contributed by atoms with van der Waals surface area (Å²) in [4.78, 5) is 11.3. The molecule has 0 heterocycles. The summed E-state index contributed by atoms with van der Waals surface area (Å²) in [6.45, 7) is 6.92. The van der Waals surface area contributed by atoms with E-state index in [0.717, 1.165) is 12.1 Å². The summed E-state index contributed by atoms with van der Waals surface area (Å²) >= 11 is 6.34. The van der Waals surface area contributed by atoms with E-state index in [1.54, 1.807) is 6.92 Å². The quantitative estimate of drug-likeness (QED) is 0.449. The number of methoxy groups -OCH3 is 1. The van der Waals surface area contributed by atoms with Crippen LogP contribution in [0.3, 0.4) is 0 Å². The summed E-state index contributed by atoms with van der Waals surface area (Å²) in [6.07, 6.45) is 12.5. The van der Waals surface area contributed by atoms with Crippen LogP contribution in [0.4, 0.5) is 0 Å². The Hall–Kier alpha value is -1.78. The average molecular weight is 406 g/mol. The molecule has 1 aliphatic carbocycles. The predicted molar refractivity (Wildman–Crippen MR) is 116 cm³/mol. The van der Waals surface area contributed by atoms with Crippen LogP contribution in [-0.4, -0.2) is 31.1 Å². The molecule has 0 aromatic heterocycles. The summed E-state index contributed by atoms with van der Waals surface area (Å²) in [5, 5.41) is 14.4. The maximum Gasteiger partial charge on any atom is 0.154 e. The predicted octanol–water partition coefficient (Wildman–Crippen LogP) is 5.39. The van der Waals surface area contributed by atoms with Gasteiger partial charge < -0.3 is 15.2 Å². The van der Waals surface area contributed by atoms with Crippen molar-refractivity contribution in [3.05, 3.63) is 45.5 Å². The second kappa shape index (κ2) is 10.7. The van der Waals surface area contributed by atoms with E-state index in [2.05, 4.69) is 24.4 Å². The highest BCUT2D eigenvalue weighted by atomic mass is 35.5. The third-order valence-electron chi connectivity index (χ3n) is 5.54. The van der Waals surface area contributed by atoms with Gasteiger partial charge in [0, 0.05) is 11.6 Å². The zero-order valence-electron chi connectivity index (χ0n) is 17.3. The van der Waals surface area contributed by atoms with E-state index in [-0.39, 0.29) is 11.3 Å². The van der Waals surface area contributed by atoms with E-state index in [1.165, 1.54) is 32.8 Å². The topological polar surface area (TPSA) is 58.6 Å². The molecule has 0 bridgehead atoms. The van der Waals surface area contributed by atoms with Crippen LogP contribution in [0.5, 0.6) is 11.5 Å². The molecule has 5 heteroatoms. The molecule has 0 spiro atoms. The Kier molecular flexibility index (Phi) is 8.58. The van der Waals surface area contributed by atoms with Gasteiger partial charge in [0.2, 0.25) is 0 Å². The second-order valence-corrected chi connectivity index (χ2v) is 7.90. The van der Waals surface area contributed by atoms with Gasteiger partial charge >= 0.3 is 0 Å². The summed E-state index contributed by atoms with van der Waals surface area (Å²) in [5.74, 6) is 0.971. The number of rotatable bonds is 8. The van der Waals surface area contributed by atoms with Crippen molar-refractivity contribution in [2.75, 3.05) is 13.7 Å².